The fraction of sp³-hybridized carbons (Fsp3) is 0.667. The van der Waals surface area contributed by atoms with Gasteiger partial charge in [0.2, 0.25) is 0 Å². The smallest absolute Gasteiger partial charge is 0.188 e. The number of aliphatic imine (C=N–C) groups is 1. The van der Waals surface area contributed by atoms with Gasteiger partial charge in [-0.1, -0.05) is 13.0 Å². The van der Waals surface area contributed by atoms with Crippen molar-refractivity contribution in [2.45, 2.75) is 6.92 Å². The van der Waals surface area contributed by atoms with Crippen molar-refractivity contribution in [3.05, 3.63) is 12.7 Å². The molecule has 0 fully saturated rings. The zero-order chi connectivity index (χ0) is 8.81. The molecule has 3 heteroatoms. The van der Waals surface area contributed by atoms with Gasteiger partial charge in [-0.05, 0) is 0 Å². The van der Waals surface area contributed by atoms with Gasteiger partial charge in [0.25, 0.3) is 0 Å². The zero-order valence-electron chi connectivity index (χ0n) is 7.45. The third-order valence-corrected chi connectivity index (χ3v) is 1.63. The van der Waals surface area contributed by atoms with Crippen molar-refractivity contribution in [1.82, 2.24) is 0 Å². The van der Waals surface area contributed by atoms with E-state index in [0.29, 0.717) is 13.2 Å². The molecule has 0 bridgehead atoms. The molecular formula is C9H15NO2. The van der Waals surface area contributed by atoms with Crippen molar-refractivity contribution >= 4 is 5.90 Å². The van der Waals surface area contributed by atoms with E-state index in [-0.39, 0.29) is 5.92 Å². The number of hydrogen-bond acceptors (Lipinski definition) is 3. The van der Waals surface area contributed by atoms with E-state index in [1.165, 1.54) is 0 Å². The van der Waals surface area contributed by atoms with Crippen LogP contribution in [0.25, 0.3) is 0 Å². The molecule has 0 aromatic rings. The largest absolute Gasteiger partial charge is 0.479 e. The van der Waals surface area contributed by atoms with E-state index >= 15 is 0 Å². The molecule has 1 atom stereocenters. The molecule has 3 nitrogen and oxygen atoms in total. The summed E-state index contributed by atoms with van der Waals surface area (Å²) in [4.78, 5) is 4.20. The van der Waals surface area contributed by atoms with Crippen LogP contribution in [0, 0.1) is 5.92 Å². The second kappa shape index (κ2) is 4.93. The third kappa shape index (κ3) is 2.66. The zero-order valence-corrected chi connectivity index (χ0v) is 7.45. The van der Waals surface area contributed by atoms with Gasteiger partial charge in [-0.3, -0.25) is 4.99 Å². The van der Waals surface area contributed by atoms with Crippen LogP contribution in [0.4, 0.5) is 0 Å². The molecule has 0 aliphatic carbocycles. The Labute approximate surface area is 73.1 Å². The highest BCUT2D eigenvalue weighted by atomic mass is 16.5. The standard InChI is InChI=1S/C9H15NO2/c1-3-5-11-7-8(2)9-10-4-6-12-9/h3,8H,1,4-7H2,2H3. The van der Waals surface area contributed by atoms with Gasteiger partial charge in [0.05, 0.1) is 25.7 Å². The number of nitrogens with zero attached hydrogens (tertiary/aromatic N) is 1. The third-order valence-electron chi connectivity index (χ3n) is 1.63. The highest BCUT2D eigenvalue weighted by molar-refractivity contribution is 5.79. The average molecular weight is 169 g/mol. The van der Waals surface area contributed by atoms with E-state index in [9.17, 15) is 0 Å². The van der Waals surface area contributed by atoms with Crippen molar-refractivity contribution in [3.63, 3.8) is 0 Å². The molecule has 1 aliphatic heterocycles. The molecule has 0 radical (unpaired) electrons. The quantitative estimate of drug-likeness (QED) is 0.458. The van der Waals surface area contributed by atoms with Gasteiger partial charge in [-0.15, -0.1) is 6.58 Å². The van der Waals surface area contributed by atoms with Crippen molar-refractivity contribution in [2.75, 3.05) is 26.4 Å². The number of ether oxygens (including phenoxy) is 2. The first-order valence-electron chi connectivity index (χ1n) is 4.20. The summed E-state index contributed by atoms with van der Waals surface area (Å²) in [5.41, 5.74) is 0. The van der Waals surface area contributed by atoms with Crippen molar-refractivity contribution in [2.24, 2.45) is 10.9 Å². The summed E-state index contributed by atoms with van der Waals surface area (Å²) >= 11 is 0. The van der Waals surface area contributed by atoms with E-state index in [1.54, 1.807) is 6.08 Å². The molecule has 0 amide bonds. The van der Waals surface area contributed by atoms with Gasteiger partial charge in [-0.25, -0.2) is 0 Å². The first kappa shape index (κ1) is 9.26. The van der Waals surface area contributed by atoms with Crippen LogP contribution >= 0.6 is 0 Å². The van der Waals surface area contributed by atoms with Crippen LogP contribution in [0.2, 0.25) is 0 Å². The van der Waals surface area contributed by atoms with Crippen molar-refractivity contribution in [1.29, 1.82) is 0 Å². The number of hydrogen-bond donors (Lipinski definition) is 0. The maximum Gasteiger partial charge on any atom is 0.188 e. The fourth-order valence-electron chi connectivity index (χ4n) is 1.05. The average Bonchev–Trinajstić information content (AvgIpc) is 2.56. The molecule has 12 heavy (non-hydrogen) atoms. The summed E-state index contributed by atoms with van der Waals surface area (Å²) in [6.07, 6.45) is 1.74. The van der Waals surface area contributed by atoms with Gasteiger partial charge in [-0.2, -0.15) is 0 Å². The predicted octanol–water partition coefficient (Wildman–Crippen LogP) is 1.25. The minimum Gasteiger partial charge on any atom is -0.479 e. The highest BCUT2D eigenvalue weighted by Crippen LogP contribution is 2.06. The second-order valence-electron chi connectivity index (χ2n) is 2.80. The summed E-state index contributed by atoms with van der Waals surface area (Å²) in [7, 11) is 0. The summed E-state index contributed by atoms with van der Waals surface area (Å²) in [6, 6.07) is 0. The molecule has 68 valence electrons. The van der Waals surface area contributed by atoms with Crippen LogP contribution in [0.3, 0.4) is 0 Å². The second-order valence-corrected chi connectivity index (χ2v) is 2.80. The summed E-state index contributed by atoms with van der Waals surface area (Å²) in [5, 5.41) is 0. The lowest BCUT2D eigenvalue weighted by Crippen LogP contribution is -2.17. The molecule has 1 rings (SSSR count). The summed E-state index contributed by atoms with van der Waals surface area (Å²) in [5.74, 6) is 1.10. The van der Waals surface area contributed by atoms with E-state index in [4.69, 9.17) is 9.47 Å². The van der Waals surface area contributed by atoms with Crippen LogP contribution in [-0.2, 0) is 9.47 Å². The minimum atomic E-state index is 0.271. The molecule has 0 aromatic heterocycles. The molecule has 0 spiro atoms. The Hall–Kier alpha value is -0.830. The first-order valence-corrected chi connectivity index (χ1v) is 4.20. The fourth-order valence-corrected chi connectivity index (χ4v) is 1.05. The Balaban J connectivity index is 2.18. The summed E-state index contributed by atoms with van der Waals surface area (Å²) in [6.45, 7) is 8.39. The molecule has 1 heterocycles. The van der Waals surface area contributed by atoms with Gasteiger partial charge in [0.1, 0.15) is 6.61 Å². The van der Waals surface area contributed by atoms with Gasteiger partial charge in [0, 0.05) is 0 Å². The van der Waals surface area contributed by atoms with Crippen LogP contribution in [0.1, 0.15) is 6.92 Å². The van der Waals surface area contributed by atoms with Gasteiger partial charge < -0.3 is 9.47 Å². The monoisotopic (exact) mass is 169 g/mol. The van der Waals surface area contributed by atoms with Crippen LogP contribution in [0.15, 0.2) is 17.6 Å². The molecule has 1 unspecified atom stereocenters. The van der Waals surface area contributed by atoms with E-state index in [2.05, 4.69) is 11.6 Å². The van der Waals surface area contributed by atoms with Gasteiger partial charge in [0.15, 0.2) is 5.90 Å². The Bertz CT molecular complexity index is 177. The Morgan fingerprint density at radius 3 is 3.25 bits per heavy atom. The van der Waals surface area contributed by atoms with E-state index in [1.807, 2.05) is 6.92 Å². The Morgan fingerprint density at radius 1 is 1.83 bits per heavy atom. The molecule has 0 aromatic carbocycles. The molecule has 1 aliphatic rings. The molecular weight excluding hydrogens is 154 g/mol. The lowest BCUT2D eigenvalue weighted by atomic mass is 10.2. The number of rotatable bonds is 5. The topological polar surface area (TPSA) is 30.8 Å². The van der Waals surface area contributed by atoms with Crippen LogP contribution in [0.5, 0.6) is 0 Å². The Kier molecular flexibility index (Phi) is 3.80. The van der Waals surface area contributed by atoms with Crippen molar-refractivity contribution in [3.8, 4) is 0 Å². The molecule has 0 N–H and O–H groups in total. The maximum absolute atomic E-state index is 5.29. The van der Waals surface area contributed by atoms with Crippen LogP contribution in [-0.4, -0.2) is 32.3 Å². The van der Waals surface area contributed by atoms with Crippen LogP contribution < -0.4 is 0 Å². The normalized spacial score (nSPS) is 18.2. The first-order chi connectivity index (χ1) is 5.84. The SMILES string of the molecule is C=CCOCC(C)C1=NCCO1. The lowest BCUT2D eigenvalue weighted by Gasteiger charge is -2.10. The molecule has 0 saturated carbocycles. The minimum absolute atomic E-state index is 0.271. The summed E-state index contributed by atoms with van der Waals surface area (Å²) < 4.78 is 10.6. The van der Waals surface area contributed by atoms with E-state index in [0.717, 1.165) is 19.0 Å². The van der Waals surface area contributed by atoms with Crippen molar-refractivity contribution < 1.29 is 9.47 Å². The van der Waals surface area contributed by atoms with Gasteiger partial charge >= 0.3 is 0 Å². The van der Waals surface area contributed by atoms with E-state index < -0.39 is 0 Å². The highest BCUT2D eigenvalue weighted by Gasteiger charge is 2.15. The lowest BCUT2D eigenvalue weighted by molar-refractivity contribution is 0.140. The maximum atomic E-state index is 5.29. The predicted molar refractivity (Wildman–Crippen MR) is 48.4 cm³/mol. The Morgan fingerprint density at radius 2 is 2.67 bits per heavy atom. The molecule has 0 saturated heterocycles.